The van der Waals surface area contributed by atoms with Crippen molar-refractivity contribution in [3.05, 3.63) is 0 Å². The maximum atomic E-state index is 9.95. The van der Waals surface area contributed by atoms with Crippen molar-refractivity contribution < 1.29 is 13.6 Å². The Labute approximate surface area is 36.2 Å². The van der Waals surface area contributed by atoms with Crippen LogP contribution in [-0.4, -0.2) is 13.2 Å². The van der Waals surface area contributed by atoms with Gasteiger partial charge in [0.05, 0.1) is 0 Å². The summed E-state index contributed by atoms with van der Waals surface area (Å²) in [6, 6.07) is 0. The molecule has 0 aromatic carbocycles. The topological polar surface area (TPSA) is 35.5 Å². The molecule has 4 heteroatoms. The molecule has 0 radical (unpaired) electrons. The Bertz CT molecular complexity index is 63.2. The molecule has 6 heavy (non-hydrogen) atoms. The minimum Gasteiger partial charge on any atom is -0.116 e. The Kier molecular flexibility index (Phi) is 1.15. The Morgan fingerprint density at radius 2 is 1.83 bits per heavy atom. The number of hydrogen-bond donors (Lipinski definition) is 0. The first-order valence-corrected chi connectivity index (χ1v) is 2.72. The highest BCUT2D eigenvalue weighted by molar-refractivity contribution is 7.33. The molecule has 1 rings (SSSR count). The van der Waals surface area contributed by atoms with Gasteiger partial charge in [-0.2, -0.15) is 0 Å². The van der Waals surface area contributed by atoms with E-state index in [-0.39, 0.29) is 0 Å². The second-order valence-electron chi connectivity index (χ2n) is 0.890. The van der Waals surface area contributed by atoms with Crippen LogP contribution >= 0.6 is 8.25 Å². The van der Waals surface area contributed by atoms with Crippen molar-refractivity contribution in [3.8, 4) is 0 Å². The molecule has 34 valence electrons. The Balaban J connectivity index is 2.37. The molecule has 0 spiro atoms. The van der Waals surface area contributed by atoms with Gasteiger partial charge in [-0.05, 0) is 0 Å². The van der Waals surface area contributed by atoms with Gasteiger partial charge in [0.2, 0.25) is 0 Å². The van der Waals surface area contributed by atoms with Crippen LogP contribution < -0.4 is 0 Å². The normalized spacial score (nSPS) is 22.3. The zero-order valence-corrected chi connectivity index (χ0v) is 3.98. The molecule has 0 amide bonds. The molecule has 0 saturated carbocycles. The number of hydrogen-bond acceptors (Lipinski definition) is 3. The summed E-state index contributed by atoms with van der Waals surface area (Å²) >= 11 is 0. The molecule has 1 aliphatic heterocycles. The fourth-order valence-electron chi connectivity index (χ4n) is 0.261. The Morgan fingerprint density at radius 3 is 2.00 bits per heavy atom. The Hall–Kier alpha value is 0.0200. The van der Waals surface area contributed by atoms with E-state index in [1.54, 1.807) is 0 Å². The van der Waals surface area contributed by atoms with Crippen LogP contribution in [-0.2, 0) is 13.6 Å². The van der Waals surface area contributed by atoms with Gasteiger partial charge in [0.15, 0.2) is 0 Å². The monoisotopic (exact) mass is 107 g/mol. The minimum absolute atomic E-state index is 0.481. The van der Waals surface area contributed by atoms with Crippen LogP contribution in [0.15, 0.2) is 0 Å². The van der Waals surface area contributed by atoms with E-state index in [1.807, 2.05) is 0 Å². The molecular formula is C2H4O3P+. The van der Waals surface area contributed by atoms with Gasteiger partial charge in [0.25, 0.3) is 0 Å². The van der Waals surface area contributed by atoms with E-state index >= 15 is 0 Å². The summed E-state index contributed by atoms with van der Waals surface area (Å²) in [5.74, 6) is 0. The predicted molar refractivity (Wildman–Crippen MR) is 19.5 cm³/mol. The summed E-state index contributed by atoms with van der Waals surface area (Å²) in [7, 11) is -1.72. The smallest absolute Gasteiger partial charge is 0.116 e. The molecule has 0 atom stereocenters. The van der Waals surface area contributed by atoms with Crippen molar-refractivity contribution in [1.82, 2.24) is 0 Å². The fourth-order valence-corrected chi connectivity index (χ4v) is 0.783. The van der Waals surface area contributed by atoms with Crippen molar-refractivity contribution in [1.29, 1.82) is 0 Å². The molecule has 1 saturated heterocycles. The van der Waals surface area contributed by atoms with Crippen molar-refractivity contribution in [2.75, 3.05) is 13.2 Å². The lowest BCUT2D eigenvalue weighted by Gasteiger charge is -1.56. The van der Waals surface area contributed by atoms with Gasteiger partial charge in [-0.15, -0.1) is 9.05 Å². The standard InChI is InChI=1S/C2H4O3P/c3-6-4-1-2-5-6/h1-2H2/q+1. The van der Waals surface area contributed by atoms with Crippen molar-refractivity contribution >= 4 is 8.25 Å². The van der Waals surface area contributed by atoms with Crippen LogP contribution in [0.3, 0.4) is 0 Å². The van der Waals surface area contributed by atoms with Crippen LogP contribution in [0.2, 0.25) is 0 Å². The molecule has 0 aromatic heterocycles. The summed E-state index contributed by atoms with van der Waals surface area (Å²) in [5, 5.41) is 0. The summed E-state index contributed by atoms with van der Waals surface area (Å²) < 4.78 is 18.8. The summed E-state index contributed by atoms with van der Waals surface area (Å²) in [6.45, 7) is 0.963. The SMILES string of the molecule is O=[P+]1OCCO1. The van der Waals surface area contributed by atoms with E-state index < -0.39 is 8.25 Å². The van der Waals surface area contributed by atoms with Crippen LogP contribution in [0.5, 0.6) is 0 Å². The highest BCUT2D eigenvalue weighted by atomic mass is 31.1. The maximum absolute atomic E-state index is 9.95. The summed E-state index contributed by atoms with van der Waals surface area (Å²) in [6.07, 6.45) is 0. The third-order valence-electron chi connectivity index (χ3n) is 0.477. The first kappa shape index (κ1) is 4.19. The van der Waals surface area contributed by atoms with Crippen LogP contribution in [0.4, 0.5) is 0 Å². The highest BCUT2D eigenvalue weighted by Crippen LogP contribution is 2.27. The van der Waals surface area contributed by atoms with Crippen molar-refractivity contribution in [2.24, 2.45) is 0 Å². The predicted octanol–water partition coefficient (Wildman–Crippen LogP) is 0.691. The van der Waals surface area contributed by atoms with Crippen LogP contribution in [0.25, 0.3) is 0 Å². The molecule has 1 fully saturated rings. The van der Waals surface area contributed by atoms with Crippen molar-refractivity contribution in [3.63, 3.8) is 0 Å². The summed E-state index contributed by atoms with van der Waals surface area (Å²) in [4.78, 5) is 0. The van der Waals surface area contributed by atoms with E-state index in [0.29, 0.717) is 13.2 Å². The van der Waals surface area contributed by atoms with Gasteiger partial charge in [-0.3, -0.25) is 0 Å². The molecule has 0 aliphatic carbocycles. The maximum Gasteiger partial charge on any atom is 0.697 e. The van der Waals surface area contributed by atoms with Crippen molar-refractivity contribution in [2.45, 2.75) is 0 Å². The molecule has 0 bridgehead atoms. The minimum atomic E-state index is -1.72. The number of rotatable bonds is 0. The van der Waals surface area contributed by atoms with Gasteiger partial charge >= 0.3 is 8.25 Å². The quantitative estimate of drug-likeness (QED) is 0.427. The van der Waals surface area contributed by atoms with Crippen LogP contribution in [0, 0.1) is 0 Å². The molecule has 0 aromatic rings. The van der Waals surface area contributed by atoms with Gasteiger partial charge in [-0.1, -0.05) is 0 Å². The fraction of sp³-hybridized carbons (Fsp3) is 1.00. The lowest BCUT2D eigenvalue weighted by Crippen LogP contribution is -1.79. The van der Waals surface area contributed by atoms with E-state index in [2.05, 4.69) is 9.05 Å². The van der Waals surface area contributed by atoms with E-state index in [4.69, 9.17) is 0 Å². The highest BCUT2D eigenvalue weighted by Gasteiger charge is 2.26. The zero-order chi connectivity index (χ0) is 4.41. The second-order valence-corrected chi connectivity index (χ2v) is 1.85. The molecule has 3 nitrogen and oxygen atoms in total. The second kappa shape index (κ2) is 1.65. The Morgan fingerprint density at radius 1 is 1.33 bits per heavy atom. The zero-order valence-electron chi connectivity index (χ0n) is 3.09. The molecule has 1 heterocycles. The third-order valence-corrected chi connectivity index (χ3v) is 1.26. The first-order chi connectivity index (χ1) is 2.89. The molecular weight excluding hydrogens is 103 g/mol. The van der Waals surface area contributed by atoms with Gasteiger partial charge in [0.1, 0.15) is 13.2 Å². The van der Waals surface area contributed by atoms with E-state index in [1.165, 1.54) is 0 Å². The average molecular weight is 107 g/mol. The third kappa shape index (κ3) is 0.744. The van der Waals surface area contributed by atoms with Gasteiger partial charge < -0.3 is 0 Å². The summed E-state index contributed by atoms with van der Waals surface area (Å²) in [5.41, 5.74) is 0. The molecule has 1 aliphatic rings. The molecule has 0 unspecified atom stereocenters. The largest absolute Gasteiger partial charge is 0.697 e. The van der Waals surface area contributed by atoms with E-state index in [9.17, 15) is 4.57 Å². The lowest BCUT2D eigenvalue weighted by atomic mass is 10.8. The average Bonchev–Trinajstić information content (AvgIpc) is 1.86. The molecule has 0 N–H and O–H groups in total. The van der Waals surface area contributed by atoms with E-state index in [0.717, 1.165) is 0 Å². The van der Waals surface area contributed by atoms with Crippen LogP contribution in [0.1, 0.15) is 0 Å². The van der Waals surface area contributed by atoms with Gasteiger partial charge in [-0.25, -0.2) is 0 Å². The first-order valence-electron chi connectivity index (χ1n) is 1.63. The van der Waals surface area contributed by atoms with Gasteiger partial charge in [0, 0.05) is 4.57 Å². The lowest BCUT2D eigenvalue weighted by molar-refractivity contribution is 0.365.